The molecule has 35 heavy (non-hydrogen) atoms. The number of carbonyl (C=O) groups excluding carboxylic acids is 1. The second-order valence-corrected chi connectivity index (χ2v) is 8.95. The molecule has 2 aromatic heterocycles. The van der Waals surface area contributed by atoms with Crippen LogP contribution in [0.4, 0.5) is 14.7 Å². The van der Waals surface area contributed by atoms with Crippen LogP contribution in [0.25, 0.3) is 5.69 Å². The molecule has 1 amide bonds. The minimum Gasteiger partial charge on any atom is -0.338 e. The second kappa shape index (κ2) is 9.41. The molecule has 2 fully saturated rings. The first-order valence-electron chi connectivity index (χ1n) is 11.7. The van der Waals surface area contributed by atoms with Crippen molar-refractivity contribution < 1.29 is 13.6 Å². The summed E-state index contributed by atoms with van der Waals surface area (Å²) in [5, 5.41) is 8.94. The molecular weight excluding hydrogens is 452 g/mol. The first kappa shape index (κ1) is 22.9. The van der Waals surface area contributed by atoms with Gasteiger partial charge in [0, 0.05) is 31.2 Å². The van der Waals surface area contributed by atoms with Gasteiger partial charge in [-0.1, -0.05) is 6.92 Å². The zero-order valence-electron chi connectivity index (χ0n) is 19.3. The van der Waals surface area contributed by atoms with Crippen molar-refractivity contribution in [2.75, 3.05) is 18.0 Å². The van der Waals surface area contributed by atoms with Crippen molar-refractivity contribution in [1.29, 1.82) is 5.26 Å². The number of hydrogen-bond donors (Lipinski definition) is 0. The summed E-state index contributed by atoms with van der Waals surface area (Å²) in [5.41, 5.74) is 1.54. The molecule has 1 aliphatic heterocycles. The number of amides is 1. The standard InChI is InChI=1S/C25H25F2N7O/c1-2-16-11-29-25(30-12-16)32-8-7-23(20(27)13-32)34(18-4-5-18)24(35)21-14-33(15-31-21)22-6-3-17(10-28)9-19(22)26/h3,6,9,11-12,14-15,18,20,23H,2,4-5,7-8,13H2,1H3/t20-,23+/m0/s1. The Balaban J connectivity index is 1.32. The third-order valence-corrected chi connectivity index (χ3v) is 6.58. The van der Waals surface area contributed by atoms with E-state index in [0.29, 0.717) is 18.9 Å². The number of anilines is 1. The number of nitriles is 1. The van der Waals surface area contributed by atoms with Gasteiger partial charge in [0.25, 0.3) is 5.91 Å². The lowest BCUT2D eigenvalue weighted by Crippen LogP contribution is -2.55. The molecular formula is C25H25F2N7O. The molecule has 2 atom stereocenters. The fraction of sp³-hybridized carbons (Fsp3) is 0.400. The Morgan fingerprint density at radius 1 is 1.23 bits per heavy atom. The van der Waals surface area contributed by atoms with Crippen molar-refractivity contribution >= 4 is 11.9 Å². The largest absolute Gasteiger partial charge is 0.338 e. The van der Waals surface area contributed by atoms with E-state index in [0.717, 1.165) is 30.9 Å². The Kier molecular flexibility index (Phi) is 6.16. The number of aromatic nitrogens is 4. The summed E-state index contributed by atoms with van der Waals surface area (Å²) in [6.07, 6.45) is 8.00. The first-order valence-corrected chi connectivity index (χ1v) is 11.7. The van der Waals surface area contributed by atoms with Gasteiger partial charge in [-0.2, -0.15) is 5.26 Å². The molecule has 0 bridgehead atoms. The second-order valence-electron chi connectivity index (χ2n) is 8.95. The zero-order valence-corrected chi connectivity index (χ0v) is 19.3. The van der Waals surface area contributed by atoms with E-state index in [4.69, 9.17) is 5.26 Å². The van der Waals surface area contributed by atoms with Crippen LogP contribution in [0.2, 0.25) is 0 Å². The van der Waals surface area contributed by atoms with Gasteiger partial charge in [0.2, 0.25) is 5.95 Å². The van der Waals surface area contributed by atoms with E-state index in [1.54, 1.807) is 17.3 Å². The summed E-state index contributed by atoms with van der Waals surface area (Å²) in [7, 11) is 0. The van der Waals surface area contributed by atoms with Crippen LogP contribution in [0.3, 0.4) is 0 Å². The van der Waals surface area contributed by atoms with Crippen LogP contribution in [0.15, 0.2) is 43.1 Å². The van der Waals surface area contributed by atoms with Gasteiger partial charge in [-0.05, 0) is 49.4 Å². The molecule has 2 aliphatic rings. The van der Waals surface area contributed by atoms with Crippen LogP contribution in [0.1, 0.15) is 47.8 Å². The van der Waals surface area contributed by atoms with Crippen LogP contribution in [-0.2, 0) is 6.42 Å². The highest BCUT2D eigenvalue weighted by atomic mass is 19.1. The highest BCUT2D eigenvalue weighted by Crippen LogP contribution is 2.34. The minimum atomic E-state index is -1.26. The summed E-state index contributed by atoms with van der Waals surface area (Å²) < 4.78 is 31.3. The lowest BCUT2D eigenvalue weighted by molar-refractivity contribution is 0.0481. The van der Waals surface area contributed by atoms with Crippen LogP contribution >= 0.6 is 0 Å². The third kappa shape index (κ3) is 4.58. The molecule has 1 aliphatic carbocycles. The fourth-order valence-corrected chi connectivity index (χ4v) is 4.50. The molecule has 3 heterocycles. The van der Waals surface area contributed by atoms with E-state index >= 15 is 4.39 Å². The van der Waals surface area contributed by atoms with Gasteiger partial charge in [0.1, 0.15) is 24.0 Å². The van der Waals surface area contributed by atoms with Crippen molar-refractivity contribution in [3.63, 3.8) is 0 Å². The zero-order chi connectivity index (χ0) is 24.5. The number of nitrogens with zero attached hydrogens (tertiary/aromatic N) is 7. The number of imidazole rings is 1. The smallest absolute Gasteiger partial charge is 0.274 e. The molecule has 1 aromatic carbocycles. The van der Waals surface area contributed by atoms with Gasteiger partial charge in [0.05, 0.1) is 29.9 Å². The van der Waals surface area contributed by atoms with Crippen molar-refractivity contribution in [3.8, 4) is 11.8 Å². The number of carbonyl (C=O) groups is 1. The number of piperidine rings is 1. The molecule has 0 spiro atoms. The van der Waals surface area contributed by atoms with E-state index < -0.39 is 18.0 Å². The van der Waals surface area contributed by atoms with Gasteiger partial charge in [-0.25, -0.2) is 23.7 Å². The molecule has 1 saturated heterocycles. The topological polar surface area (TPSA) is 90.9 Å². The van der Waals surface area contributed by atoms with E-state index in [2.05, 4.69) is 15.0 Å². The average Bonchev–Trinajstić information content (AvgIpc) is 3.59. The van der Waals surface area contributed by atoms with Gasteiger partial charge < -0.3 is 14.4 Å². The van der Waals surface area contributed by atoms with Crippen LogP contribution in [0.5, 0.6) is 0 Å². The van der Waals surface area contributed by atoms with Crippen LogP contribution in [-0.4, -0.2) is 61.7 Å². The third-order valence-electron chi connectivity index (χ3n) is 6.58. The molecule has 3 aromatic rings. The maximum absolute atomic E-state index is 15.4. The highest BCUT2D eigenvalue weighted by molar-refractivity contribution is 5.93. The maximum Gasteiger partial charge on any atom is 0.274 e. The van der Waals surface area contributed by atoms with Gasteiger partial charge in [-0.15, -0.1) is 0 Å². The number of hydrogen-bond acceptors (Lipinski definition) is 6. The van der Waals surface area contributed by atoms with Crippen molar-refractivity contribution in [2.45, 2.75) is 50.9 Å². The van der Waals surface area contributed by atoms with E-state index in [1.165, 1.54) is 29.2 Å². The lowest BCUT2D eigenvalue weighted by Gasteiger charge is -2.40. The van der Waals surface area contributed by atoms with Crippen molar-refractivity contribution in [3.05, 3.63) is 65.8 Å². The lowest BCUT2D eigenvalue weighted by atomic mass is 10.0. The van der Waals surface area contributed by atoms with Gasteiger partial charge in [-0.3, -0.25) is 4.79 Å². The van der Waals surface area contributed by atoms with Gasteiger partial charge in [0.15, 0.2) is 0 Å². The monoisotopic (exact) mass is 477 g/mol. The molecule has 0 N–H and O–H groups in total. The summed E-state index contributed by atoms with van der Waals surface area (Å²) in [6.45, 7) is 2.67. The quantitative estimate of drug-likeness (QED) is 0.540. The number of benzene rings is 1. The van der Waals surface area contributed by atoms with Crippen LogP contribution < -0.4 is 4.90 Å². The summed E-state index contributed by atoms with van der Waals surface area (Å²) in [6, 6.07) is 5.39. The predicted octanol–water partition coefficient (Wildman–Crippen LogP) is 3.46. The Morgan fingerprint density at radius 3 is 2.63 bits per heavy atom. The molecule has 0 unspecified atom stereocenters. The molecule has 0 radical (unpaired) electrons. The molecule has 10 heteroatoms. The van der Waals surface area contributed by atoms with Crippen LogP contribution in [0, 0.1) is 17.1 Å². The van der Waals surface area contributed by atoms with E-state index in [-0.39, 0.29) is 35.4 Å². The van der Waals surface area contributed by atoms with E-state index in [1.807, 2.05) is 17.9 Å². The van der Waals surface area contributed by atoms with Crippen molar-refractivity contribution in [2.24, 2.45) is 0 Å². The first-order chi connectivity index (χ1) is 17.0. The Morgan fingerprint density at radius 2 is 2.00 bits per heavy atom. The number of rotatable bonds is 6. The maximum atomic E-state index is 15.4. The summed E-state index contributed by atoms with van der Waals surface area (Å²) >= 11 is 0. The summed E-state index contributed by atoms with van der Waals surface area (Å²) in [5.74, 6) is -0.453. The Hall–Kier alpha value is -3.87. The predicted molar refractivity (Wildman–Crippen MR) is 124 cm³/mol. The summed E-state index contributed by atoms with van der Waals surface area (Å²) in [4.78, 5) is 29.8. The minimum absolute atomic E-state index is 0.0193. The fourth-order valence-electron chi connectivity index (χ4n) is 4.50. The van der Waals surface area contributed by atoms with Gasteiger partial charge >= 0.3 is 0 Å². The molecule has 180 valence electrons. The molecule has 5 rings (SSSR count). The normalized spacial score (nSPS) is 19.9. The van der Waals surface area contributed by atoms with E-state index in [9.17, 15) is 9.18 Å². The molecule has 1 saturated carbocycles. The highest BCUT2D eigenvalue weighted by Gasteiger charge is 2.44. The average molecular weight is 478 g/mol. The number of aryl methyl sites for hydroxylation is 1. The number of halogens is 2. The number of alkyl halides is 1. The Bertz CT molecular complexity index is 1270. The Labute approximate surface area is 201 Å². The SMILES string of the molecule is CCc1cnc(N2CC[C@@H](N(C(=O)c3cn(-c4ccc(C#N)cc4F)cn3)C3CC3)[C@@H](F)C2)nc1. The van der Waals surface area contributed by atoms with Crippen molar-refractivity contribution in [1.82, 2.24) is 24.4 Å². The molecule has 8 nitrogen and oxygen atoms in total.